The zero-order valence-corrected chi connectivity index (χ0v) is 11.6. The summed E-state index contributed by atoms with van der Waals surface area (Å²) in [4.78, 5) is 14.7. The minimum absolute atomic E-state index is 0.0961. The molecule has 1 N–H and O–H groups in total. The lowest BCUT2D eigenvalue weighted by Gasteiger charge is -2.30. The fourth-order valence-electron chi connectivity index (χ4n) is 3.36. The summed E-state index contributed by atoms with van der Waals surface area (Å²) in [7, 11) is 0. The third-order valence-electron chi connectivity index (χ3n) is 5.01. The molecular formula is C16H19FN2O. The second-order valence-corrected chi connectivity index (χ2v) is 6.47. The first kappa shape index (κ1) is 12.3. The summed E-state index contributed by atoms with van der Waals surface area (Å²) in [5, 5.41) is 3.49. The van der Waals surface area contributed by atoms with E-state index >= 15 is 0 Å². The lowest BCUT2D eigenvalue weighted by atomic mass is 10.1. The van der Waals surface area contributed by atoms with Crippen LogP contribution in [0.5, 0.6) is 0 Å². The molecule has 4 heteroatoms. The number of nitrogens with one attached hydrogen (secondary N) is 1. The van der Waals surface area contributed by atoms with Crippen LogP contribution in [0, 0.1) is 11.7 Å². The highest BCUT2D eigenvalue weighted by Gasteiger charge is 2.61. The molecule has 1 amide bonds. The van der Waals surface area contributed by atoms with Crippen LogP contribution >= 0.6 is 0 Å². The number of rotatable bonds is 3. The fourth-order valence-corrected chi connectivity index (χ4v) is 3.36. The number of hydrogen-bond acceptors (Lipinski definition) is 2. The Labute approximate surface area is 118 Å². The summed E-state index contributed by atoms with van der Waals surface area (Å²) in [5.41, 5.74) is 0.665. The van der Waals surface area contributed by atoms with Crippen molar-refractivity contribution in [3.05, 3.63) is 35.6 Å². The van der Waals surface area contributed by atoms with Crippen molar-refractivity contribution in [1.82, 2.24) is 10.2 Å². The van der Waals surface area contributed by atoms with Gasteiger partial charge in [0.25, 0.3) is 0 Å². The van der Waals surface area contributed by atoms with E-state index < -0.39 is 0 Å². The number of hydrogen-bond donors (Lipinski definition) is 1. The Kier molecular flexibility index (Phi) is 2.49. The monoisotopic (exact) mass is 274 g/mol. The van der Waals surface area contributed by atoms with Crippen molar-refractivity contribution in [2.75, 3.05) is 0 Å². The van der Waals surface area contributed by atoms with E-state index in [-0.39, 0.29) is 29.5 Å². The average Bonchev–Trinajstić information content (AvgIpc) is 3.32. The van der Waals surface area contributed by atoms with Gasteiger partial charge in [0.1, 0.15) is 17.5 Å². The quantitative estimate of drug-likeness (QED) is 0.919. The molecule has 3 nitrogen and oxygen atoms in total. The normalized spacial score (nSPS) is 29.0. The van der Waals surface area contributed by atoms with Crippen LogP contribution < -0.4 is 5.32 Å². The predicted molar refractivity (Wildman–Crippen MR) is 73.3 cm³/mol. The molecule has 2 aliphatic carbocycles. The molecule has 2 saturated carbocycles. The van der Waals surface area contributed by atoms with E-state index in [0.29, 0.717) is 5.92 Å². The molecule has 1 aromatic rings. The SMILES string of the molecule is CC(C1CC1)N1C(=O)C2(CC2)NC1c1ccc(F)cc1. The summed E-state index contributed by atoms with van der Waals surface area (Å²) in [6, 6.07) is 6.78. The second kappa shape index (κ2) is 4.04. The molecule has 3 fully saturated rings. The number of benzene rings is 1. The Hall–Kier alpha value is -1.42. The molecule has 4 rings (SSSR count). The molecule has 106 valence electrons. The lowest BCUT2D eigenvalue weighted by Crippen LogP contribution is -2.40. The van der Waals surface area contributed by atoms with Gasteiger partial charge in [-0.15, -0.1) is 0 Å². The van der Waals surface area contributed by atoms with Crippen molar-refractivity contribution in [1.29, 1.82) is 0 Å². The van der Waals surface area contributed by atoms with Gasteiger partial charge in [-0.1, -0.05) is 12.1 Å². The van der Waals surface area contributed by atoms with Gasteiger partial charge in [-0.25, -0.2) is 4.39 Å². The zero-order valence-electron chi connectivity index (χ0n) is 11.6. The highest BCUT2D eigenvalue weighted by Crippen LogP contribution is 2.49. The molecular weight excluding hydrogens is 255 g/mol. The summed E-state index contributed by atoms with van der Waals surface area (Å²) in [6.45, 7) is 2.15. The largest absolute Gasteiger partial charge is 0.318 e. The molecule has 2 atom stereocenters. The molecule has 1 heterocycles. The standard InChI is InChI=1S/C16H19FN2O/c1-10(11-2-3-11)19-14(12-4-6-13(17)7-5-12)18-16(8-9-16)15(19)20/h4-7,10-11,14,18H,2-3,8-9H2,1H3. The number of amides is 1. The Morgan fingerprint density at radius 1 is 1.30 bits per heavy atom. The van der Waals surface area contributed by atoms with Gasteiger partial charge in [-0.3, -0.25) is 10.1 Å². The molecule has 2 unspecified atom stereocenters. The van der Waals surface area contributed by atoms with Crippen LogP contribution in [0.4, 0.5) is 4.39 Å². The van der Waals surface area contributed by atoms with Crippen molar-refractivity contribution in [3.63, 3.8) is 0 Å². The van der Waals surface area contributed by atoms with Gasteiger partial charge in [0.2, 0.25) is 5.91 Å². The third-order valence-corrected chi connectivity index (χ3v) is 5.01. The van der Waals surface area contributed by atoms with Gasteiger partial charge >= 0.3 is 0 Å². The maximum absolute atomic E-state index is 13.1. The van der Waals surface area contributed by atoms with E-state index in [0.717, 1.165) is 18.4 Å². The van der Waals surface area contributed by atoms with E-state index in [1.165, 1.54) is 25.0 Å². The second-order valence-electron chi connectivity index (χ2n) is 6.47. The summed E-state index contributed by atoms with van der Waals surface area (Å²) in [5.74, 6) is 0.643. The van der Waals surface area contributed by atoms with Crippen LogP contribution in [-0.4, -0.2) is 22.4 Å². The van der Waals surface area contributed by atoms with E-state index in [2.05, 4.69) is 12.2 Å². The van der Waals surface area contributed by atoms with Crippen LogP contribution in [0.3, 0.4) is 0 Å². The van der Waals surface area contributed by atoms with Gasteiger partial charge in [0.15, 0.2) is 0 Å². The predicted octanol–water partition coefficient (Wildman–Crippen LogP) is 2.59. The molecule has 1 aliphatic heterocycles. The summed E-state index contributed by atoms with van der Waals surface area (Å²) < 4.78 is 13.1. The molecule has 0 bridgehead atoms. The maximum atomic E-state index is 13.1. The zero-order chi connectivity index (χ0) is 13.9. The smallest absolute Gasteiger partial charge is 0.244 e. The van der Waals surface area contributed by atoms with Crippen LogP contribution in [-0.2, 0) is 4.79 Å². The van der Waals surface area contributed by atoms with Gasteiger partial charge in [0, 0.05) is 6.04 Å². The van der Waals surface area contributed by atoms with Crippen LogP contribution in [0.15, 0.2) is 24.3 Å². The molecule has 0 radical (unpaired) electrons. The van der Waals surface area contributed by atoms with E-state index in [9.17, 15) is 9.18 Å². The van der Waals surface area contributed by atoms with Crippen molar-refractivity contribution in [2.45, 2.75) is 50.4 Å². The van der Waals surface area contributed by atoms with Gasteiger partial charge in [-0.05, 0) is 56.2 Å². The number of halogens is 1. The van der Waals surface area contributed by atoms with Gasteiger partial charge in [-0.2, -0.15) is 0 Å². The van der Waals surface area contributed by atoms with Crippen LogP contribution in [0.25, 0.3) is 0 Å². The molecule has 3 aliphatic rings. The first-order valence-electron chi connectivity index (χ1n) is 7.47. The average molecular weight is 274 g/mol. The van der Waals surface area contributed by atoms with Crippen molar-refractivity contribution >= 4 is 5.91 Å². The summed E-state index contributed by atoms with van der Waals surface area (Å²) in [6.07, 6.45) is 4.19. The molecule has 20 heavy (non-hydrogen) atoms. The van der Waals surface area contributed by atoms with E-state index in [4.69, 9.17) is 0 Å². The van der Waals surface area contributed by atoms with Crippen LogP contribution in [0.2, 0.25) is 0 Å². The lowest BCUT2D eigenvalue weighted by molar-refractivity contribution is -0.133. The van der Waals surface area contributed by atoms with E-state index in [1.54, 1.807) is 12.1 Å². The highest BCUT2D eigenvalue weighted by molar-refractivity contribution is 5.92. The van der Waals surface area contributed by atoms with Crippen molar-refractivity contribution in [2.24, 2.45) is 5.92 Å². The Bertz CT molecular complexity index is 548. The summed E-state index contributed by atoms with van der Waals surface area (Å²) >= 11 is 0. The van der Waals surface area contributed by atoms with Crippen LogP contribution in [0.1, 0.15) is 44.3 Å². The topological polar surface area (TPSA) is 32.3 Å². The Morgan fingerprint density at radius 3 is 2.50 bits per heavy atom. The number of carbonyl (C=O) groups is 1. The minimum atomic E-state index is -0.317. The van der Waals surface area contributed by atoms with E-state index in [1.807, 2.05) is 4.90 Å². The third kappa shape index (κ3) is 1.78. The number of nitrogens with zero attached hydrogens (tertiary/aromatic N) is 1. The first-order valence-corrected chi connectivity index (χ1v) is 7.47. The van der Waals surface area contributed by atoms with Crippen molar-refractivity contribution in [3.8, 4) is 0 Å². The fraction of sp³-hybridized carbons (Fsp3) is 0.562. The first-order chi connectivity index (χ1) is 9.61. The van der Waals surface area contributed by atoms with Gasteiger partial charge < -0.3 is 4.90 Å². The minimum Gasteiger partial charge on any atom is -0.318 e. The van der Waals surface area contributed by atoms with Gasteiger partial charge in [0.05, 0.1) is 0 Å². The Morgan fingerprint density at radius 2 is 1.95 bits per heavy atom. The highest BCUT2D eigenvalue weighted by atomic mass is 19.1. The molecule has 1 aromatic carbocycles. The molecule has 1 spiro atoms. The molecule has 0 aromatic heterocycles. The molecule has 1 saturated heterocycles. The Balaban J connectivity index is 1.68. The van der Waals surface area contributed by atoms with Crippen molar-refractivity contribution < 1.29 is 9.18 Å². The maximum Gasteiger partial charge on any atom is 0.244 e. The number of carbonyl (C=O) groups excluding carboxylic acids is 1.